The summed E-state index contributed by atoms with van der Waals surface area (Å²) in [6.45, 7) is 15.6. The van der Waals surface area contributed by atoms with Crippen molar-refractivity contribution in [1.29, 1.82) is 0 Å². The number of benzene rings is 1. The molecule has 2 aromatic heterocycles. The molecule has 208 valence electrons. The van der Waals surface area contributed by atoms with Gasteiger partial charge in [-0.1, -0.05) is 56.7 Å². The molecule has 7 heteroatoms. The van der Waals surface area contributed by atoms with Crippen molar-refractivity contribution in [2.24, 2.45) is 0 Å². The Kier molecular flexibility index (Phi) is 11.2. The number of likely N-dealkylation sites (tertiary alicyclic amines) is 2. The van der Waals surface area contributed by atoms with Crippen LogP contribution in [0.2, 0.25) is 0 Å². The number of aryl methyl sites for hydroxylation is 2. The van der Waals surface area contributed by atoms with Gasteiger partial charge in [0, 0.05) is 24.2 Å². The minimum Gasteiger partial charge on any atom is -0.308 e. The van der Waals surface area contributed by atoms with Gasteiger partial charge in [0.15, 0.2) is 5.65 Å². The van der Waals surface area contributed by atoms with Crippen LogP contribution in [0.25, 0.3) is 17.2 Å². The van der Waals surface area contributed by atoms with E-state index in [2.05, 4.69) is 84.5 Å². The number of nitrogens with zero attached hydrogens (tertiary/aromatic N) is 5. The van der Waals surface area contributed by atoms with Crippen molar-refractivity contribution in [3.05, 3.63) is 64.6 Å². The molecule has 5 rings (SSSR count). The van der Waals surface area contributed by atoms with Gasteiger partial charge in [-0.05, 0) is 88.5 Å². The third kappa shape index (κ3) is 7.18. The molecule has 0 atom stereocenters. The first-order chi connectivity index (χ1) is 17.5. The fourth-order valence-electron chi connectivity index (χ4n) is 6.02. The van der Waals surface area contributed by atoms with E-state index in [9.17, 15) is 0 Å². The van der Waals surface area contributed by atoms with Gasteiger partial charge in [0.25, 0.3) is 0 Å². The molecule has 0 saturated carbocycles. The maximum atomic E-state index is 4.96. The molecule has 0 spiro atoms. The summed E-state index contributed by atoms with van der Waals surface area (Å²) in [7, 11) is 0. The number of rotatable bonds is 7. The van der Waals surface area contributed by atoms with E-state index in [4.69, 9.17) is 9.97 Å². The molecule has 5 nitrogen and oxygen atoms in total. The van der Waals surface area contributed by atoms with E-state index in [1.54, 1.807) is 0 Å². The quantitative estimate of drug-likeness (QED) is 0.312. The highest BCUT2D eigenvalue weighted by Crippen LogP contribution is 2.25. The third-order valence-electron chi connectivity index (χ3n) is 8.03. The van der Waals surface area contributed by atoms with Crippen LogP contribution in [0, 0.1) is 13.8 Å². The van der Waals surface area contributed by atoms with E-state index in [0.29, 0.717) is 5.92 Å². The Bertz CT molecular complexity index is 1190. The maximum absolute atomic E-state index is 4.96. The Morgan fingerprint density at radius 1 is 0.921 bits per heavy atom. The predicted molar refractivity (Wildman–Crippen MR) is 165 cm³/mol. The zero-order valence-electron chi connectivity index (χ0n) is 23.5. The molecule has 0 unspecified atom stereocenters. The second-order valence-electron chi connectivity index (χ2n) is 11.2. The minimum absolute atomic E-state index is 0. The van der Waals surface area contributed by atoms with Gasteiger partial charge in [-0.15, -0.1) is 24.8 Å². The van der Waals surface area contributed by atoms with Crippen LogP contribution < -0.4 is 0 Å². The Morgan fingerprint density at radius 2 is 1.61 bits per heavy atom. The van der Waals surface area contributed by atoms with Gasteiger partial charge in [0.2, 0.25) is 0 Å². The lowest BCUT2D eigenvalue weighted by molar-refractivity contribution is 0.0975. The number of imidazole rings is 1. The normalized spacial score (nSPS) is 17.7. The van der Waals surface area contributed by atoms with Crippen molar-refractivity contribution in [2.45, 2.75) is 78.3 Å². The lowest BCUT2D eigenvalue weighted by Crippen LogP contribution is -2.46. The third-order valence-corrected chi connectivity index (χ3v) is 8.03. The van der Waals surface area contributed by atoms with E-state index < -0.39 is 0 Å². The molecule has 2 saturated heterocycles. The SMILES string of the molecule is Cc1cc(C)c2nc(C(C)C)n(Cc3ccc(C=CCN4CCC(N5CCCCC5)CC4)cc3)c2n1.Cl.Cl. The average Bonchev–Trinajstić information content (AvgIpc) is 3.25. The van der Waals surface area contributed by atoms with Crippen LogP contribution in [0.5, 0.6) is 0 Å². The van der Waals surface area contributed by atoms with Crippen LogP contribution in [0.3, 0.4) is 0 Å². The molecular weight excluding hydrogens is 513 g/mol. The van der Waals surface area contributed by atoms with Crippen molar-refractivity contribution in [3.8, 4) is 0 Å². The zero-order valence-corrected chi connectivity index (χ0v) is 25.2. The van der Waals surface area contributed by atoms with E-state index in [0.717, 1.165) is 41.8 Å². The first-order valence-electron chi connectivity index (χ1n) is 14.0. The Balaban J connectivity index is 0.00000200. The number of halogens is 2. The summed E-state index contributed by atoms with van der Waals surface area (Å²) in [4.78, 5) is 15.2. The second-order valence-corrected chi connectivity index (χ2v) is 11.2. The van der Waals surface area contributed by atoms with Gasteiger partial charge in [-0.2, -0.15) is 0 Å². The summed E-state index contributed by atoms with van der Waals surface area (Å²) >= 11 is 0. The Labute approximate surface area is 241 Å². The van der Waals surface area contributed by atoms with Gasteiger partial charge in [-0.25, -0.2) is 9.97 Å². The molecule has 1 aromatic carbocycles. The summed E-state index contributed by atoms with van der Waals surface area (Å²) in [6.07, 6.45) is 11.5. The summed E-state index contributed by atoms with van der Waals surface area (Å²) < 4.78 is 2.30. The summed E-state index contributed by atoms with van der Waals surface area (Å²) in [6, 6.07) is 11.9. The number of fused-ring (bicyclic) bond motifs is 1. The lowest BCUT2D eigenvalue weighted by Gasteiger charge is -2.40. The highest BCUT2D eigenvalue weighted by Gasteiger charge is 2.25. The van der Waals surface area contributed by atoms with Crippen LogP contribution >= 0.6 is 24.8 Å². The lowest BCUT2D eigenvalue weighted by atomic mass is 10.00. The van der Waals surface area contributed by atoms with E-state index in [1.807, 2.05) is 0 Å². The molecule has 3 aromatic rings. The summed E-state index contributed by atoms with van der Waals surface area (Å²) in [5.74, 6) is 1.46. The molecule has 4 heterocycles. The predicted octanol–water partition coefficient (Wildman–Crippen LogP) is 7.03. The monoisotopic (exact) mass is 557 g/mol. The number of hydrogen-bond donors (Lipinski definition) is 0. The van der Waals surface area contributed by atoms with Crippen LogP contribution in [0.4, 0.5) is 0 Å². The van der Waals surface area contributed by atoms with Gasteiger partial charge < -0.3 is 9.47 Å². The van der Waals surface area contributed by atoms with E-state index >= 15 is 0 Å². The molecule has 2 fully saturated rings. The average molecular weight is 559 g/mol. The topological polar surface area (TPSA) is 37.2 Å². The molecule has 0 bridgehead atoms. The van der Waals surface area contributed by atoms with Crippen molar-refractivity contribution >= 4 is 42.1 Å². The summed E-state index contributed by atoms with van der Waals surface area (Å²) in [5, 5.41) is 0. The van der Waals surface area contributed by atoms with Gasteiger partial charge >= 0.3 is 0 Å². The van der Waals surface area contributed by atoms with Crippen LogP contribution in [-0.2, 0) is 6.54 Å². The number of hydrogen-bond acceptors (Lipinski definition) is 4. The second kappa shape index (κ2) is 13.9. The number of aromatic nitrogens is 3. The number of pyridine rings is 1. The van der Waals surface area contributed by atoms with Crippen LogP contribution in [-0.4, -0.2) is 63.1 Å². The fourth-order valence-corrected chi connectivity index (χ4v) is 6.02. The van der Waals surface area contributed by atoms with Crippen molar-refractivity contribution in [2.75, 3.05) is 32.7 Å². The first-order valence-corrected chi connectivity index (χ1v) is 14.0. The molecule has 2 aliphatic heterocycles. The van der Waals surface area contributed by atoms with Gasteiger partial charge in [-0.3, -0.25) is 4.90 Å². The van der Waals surface area contributed by atoms with Crippen molar-refractivity contribution in [1.82, 2.24) is 24.3 Å². The largest absolute Gasteiger partial charge is 0.308 e. The Morgan fingerprint density at radius 3 is 2.26 bits per heavy atom. The zero-order chi connectivity index (χ0) is 25.1. The highest BCUT2D eigenvalue weighted by atomic mass is 35.5. The molecule has 0 aliphatic carbocycles. The highest BCUT2D eigenvalue weighted by molar-refractivity contribution is 5.85. The molecule has 0 amide bonds. The molecule has 2 aliphatic rings. The van der Waals surface area contributed by atoms with Crippen LogP contribution in [0.1, 0.15) is 80.1 Å². The Hall–Kier alpha value is -1.92. The van der Waals surface area contributed by atoms with Gasteiger partial charge in [0.1, 0.15) is 11.3 Å². The molecule has 38 heavy (non-hydrogen) atoms. The smallest absolute Gasteiger partial charge is 0.160 e. The first kappa shape index (κ1) is 30.6. The fraction of sp³-hybridized carbons (Fsp3) is 0.548. The van der Waals surface area contributed by atoms with Crippen molar-refractivity contribution in [3.63, 3.8) is 0 Å². The van der Waals surface area contributed by atoms with Crippen molar-refractivity contribution < 1.29 is 0 Å². The standard InChI is InChI=1S/C31H43N5.2ClH/c1-23(2)30-33-29-24(3)21-25(4)32-31(29)36(30)22-27-12-10-26(11-13-27)9-8-16-34-19-14-28(15-20-34)35-17-6-5-7-18-35;;/h8-13,21,23,28H,5-7,14-20,22H2,1-4H3;2*1H. The van der Waals surface area contributed by atoms with Gasteiger partial charge in [0.05, 0.1) is 6.54 Å². The molecule has 0 radical (unpaired) electrons. The van der Waals surface area contributed by atoms with E-state index in [1.165, 1.54) is 75.0 Å². The number of piperidine rings is 2. The van der Waals surface area contributed by atoms with E-state index in [-0.39, 0.29) is 24.8 Å². The molecular formula is C31H45Cl2N5. The molecule has 0 N–H and O–H groups in total. The minimum atomic E-state index is 0. The maximum Gasteiger partial charge on any atom is 0.160 e. The van der Waals surface area contributed by atoms with Crippen LogP contribution in [0.15, 0.2) is 36.4 Å². The summed E-state index contributed by atoms with van der Waals surface area (Å²) in [5.41, 5.74) is 6.84.